The van der Waals surface area contributed by atoms with Gasteiger partial charge in [-0.15, -0.1) is 0 Å². The van der Waals surface area contributed by atoms with Crippen molar-refractivity contribution >= 4 is 80.3 Å². The molecule has 1 aliphatic rings. The predicted octanol–water partition coefficient (Wildman–Crippen LogP) is 7.68. The zero-order valence-electron chi connectivity index (χ0n) is 20.0. The number of hydrogen-bond donors (Lipinski definition) is 1. The van der Waals surface area contributed by atoms with Crippen LogP contribution in [0, 0.1) is 0 Å². The molecule has 7 nitrogen and oxygen atoms in total. The molecule has 0 atom stereocenters. The molecule has 1 fully saturated rings. The van der Waals surface area contributed by atoms with Gasteiger partial charge in [0.05, 0.1) is 27.9 Å². The number of carbonyl (C=O) groups is 3. The van der Waals surface area contributed by atoms with Gasteiger partial charge in [0.2, 0.25) is 0 Å². The van der Waals surface area contributed by atoms with Crippen molar-refractivity contribution in [3.63, 3.8) is 0 Å². The Morgan fingerprint density at radius 2 is 1.68 bits per heavy atom. The van der Waals surface area contributed by atoms with E-state index in [1.54, 1.807) is 18.2 Å². The maximum absolute atomic E-state index is 13.3. The third-order valence-electron chi connectivity index (χ3n) is 5.60. The van der Waals surface area contributed by atoms with Crippen LogP contribution in [0.2, 0.25) is 15.1 Å². The van der Waals surface area contributed by atoms with E-state index < -0.39 is 40.8 Å². The first kappa shape index (κ1) is 29.7. The fourth-order valence-corrected chi connectivity index (χ4v) is 4.96. The Labute approximate surface area is 248 Å². The monoisotopic (exact) mass is 676 g/mol. The van der Waals surface area contributed by atoms with Crippen LogP contribution >= 0.6 is 50.7 Å². The molecular weight excluding hydrogens is 664 g/mol. The van der Waals surface area contributed by atoms with Crippen LogP contribution in [0.4, 0.5) is 23.7 Å². The third-order valence-corrected chi connectivity index (χ3v) is 7.22. The summed E-state index contributed by atoms with van der Waals surface area (Å²) >= 11 is 21.8. The van der Waals surface area contributed by atoms with E-state index in [4.69, 9.17) is 44.3 Å². The predicted molar refractivity (Wildman–Crippen MR) is 147 cm³/mol. The van der Waals surface area contributed by atoms with Gasteiger partial charge in [0.25, 0.3) is 11.8 Å². The number of rotatable bonds is 6. The van der Waals surface area contributed by atoms with Crippen molar-refractivity contribution in [1.82, 2.24) is 5.32 Å². The van der Waals surface area contributed by atoms with Gasteiger partial charge in [-0.2, -0.15) is 13.2 Å². The van der Waals surface area contributed by atoms with Crippen LogP contribution in [0.1, 0.15) is 16.7 Å². The highest BCUT2D eigenvalue weighted by atomic mass is 79.9. The summed E-state index contributed by atoms with van der Waals surface area (Å²) in [7, 11) is 1.36. The average Bonchev–Trinajstić information content (AvgIpc) is 2.87. The fraction of sp³-hybridized carbons (Fsp3) is 0.115. The summed E-state index contributed by atoms with van der Waals surface area (Å²) in [6.07, 6.45) is -3.63. The van der Waals surface area contributed by atoms with Gasteiger partial charge in [0.15, 0.2) is 11.5 Å². The SMILES string of the molecule is COc1cc(/C=C2\C(=O)NC(=O)N(c3cc(C(F)(F)F)ccc3Cl)C2=O)cc(Br)c1OCc1c(Cl)cccc1Cl. The molecule has 0 aliphatic carbocycles. The Bertz CT molecular complexity index is 1560. The van der Waals surface area contributed by atoms with Gasteiger partial charge < -0.3 is 9.47 Å². The highest BCUT2D eigenvalue weighted by Gasteiger charge is 2.39. The summed E-state index contributed by atoms with van der Waals surface area (Å²) in [6, 6.07) is 8.83. The molecule has 0 saturated carbocycles. The normalized spacial score (nSPS) is 14.9. The molecule has 14 heteroatoms. The smallest absolute Gasteiger partial charge is 0.416 e. The molecule has 1 heterocycles. The van der Waals surface area contributed by atoms with E-state index in [0.29, 0.717) is 37.1 Å². The fourth-order valence-electron chi connectivity index (χ4n) is 3.68. The average molecular weight is 679 g/mol. The molecule has 3 aromatic carbocycles. The molecule has 40 heavy (non-hydrogen) atoms. The van der Waals surface area contributed by atoms with Gasteiger partial charge in [-0.3, -0.25) is 14.9 Å². The lowest BCUT2D eigenvalue weighted by Crippen LogP contribution is -2.54. The number of hydrogen-bond acceptors (Lipinski definition) is 5. The topological polar surface area (TPSA) is 84.9 Å². The number of alkyl halides is 3. The zero-order valence-corrected chi connectivity index (χ0v) is 23.9. The molecule has 1 saturated heterocycles. The van der Waals surface area contributed by atoms with Crippen molar-refractivity contribution in [1.29, 1.82) is 0 Å². The van der Waals surface area contributed by atoms with Crippen LogP contribution in [0.5, 0.6) is 11.5 Å². The molecule has 1 N–H and O–H groups in total. The summed E-state index contributed by atoms with van der Waals surface area (Å²) in [5.74, 6) is -1.79. The number of carbonyl (C=O) groups excluding carboxylic acids is 3. The van der Waals surface area contributed by atoms with Gasteiger partial charge >= 0.3 is 12.2 Å². The van der Waals surface area contributed by atoms with Gasteiger partial charge in [0, 0.05) is 15.6 Å². The quantitative estimate of drug-likeness (QED) is 0.214. The zero-order chi connectivity index (χ0) is 29.4. The highest BCUT2D eigenvalue weighted by Crippen LogP contribution is 2.40. The minimum absolute atomic E-state index is 0.0103. The third kappa shape index (κ3) is 6.07. The molecule has 0 unspecified atom stereocenters. The number of nitrogens with zero attached hydrogens (tertiary/aromatic N) is 1. The van der Waals surface area contributed by atoms with E-state index in [1.807, 2.05) is 5.32 Å². The maximum Gasteiger partial charge on any atom is 0.416 e. The molecule has 0 spiro atoms. The Kier molecular flexibility index (Phi) is 8.69. The molecular formula is C26H15BrCl3F3N2O5. The summed E-state index contributed by atoms with van der Waals surface area (Å²) < 4.78 is 51.4. The summed E-state index contributed by atoms with van der Waals surface area (Å²) in [6.45, 7) is -0.0103. The summed E-state index contributed by atoms with van der Waals surface area (Å²) in [4.78, 5) is 38.7. The number of anilines is 1. The number of halogens is 7. The van der Waals surface area contributed by atoms with Crippen molar-refractivity contribution in [2.24, 2.45) is 0 Å². The second kappa shape index (κ2) is 11.7. The number of ether oxygens (including phenoxy) is 2. The highest BCUT2D eigenvalue weighted by molar-refractivity contribution is 9.10. The number of nitrogens with one attached hydrogen (secondary N) is 1. The van der Waals surface area contributed by atoms with Gasteiger partial charge in [-0.25, -0.2) is 9.69 Å². The number of methoxy groups -OCH3 is 1. The number of amides is 4. The van der Waals surface area contributed by atoms with Crippen molar-refractivity contribution in [3.05, 3.63) is 90.3 Å². The van der Waals surface area contributed by atoms with Gasteiger partial charge in [0.1, 0.15) is 12.2 Å². The lowest BCUT2D eigenvalue weighted by Gasteiger charge is -2.27. The Hall–Kier alpha value is -3.25. The minimum Gasteiger partial charge on any atom is -0.493 e. The lowest BCUT2D eigenvalue weighted by molar-refractivity contribution is -0.137. The van der Waals surface area contributed by atoms with E-state index in [9.17, 15) is 27.6 Å². The van der Waals surface area contributed by atoms with Gasteiger partial charge in [-0.1, -0.05) is 40.9 Å². The molecule has 3 aromatic rings. The van der Waals surface area contributed by atoms with Crippen molar-refractivity contribution in [2.75, 3.05) is 12.0 Å². The first-order chi connectivity index (χ1) is 18.8. The number of barbiturate groups is 1. The number of urea groups is 1. The van der Waals surface area contributed by atoms with E-state index in [0.717, 1.165) is 12.1 Å². The number of benzene rings is 3. The molecule has 0 bridgehead atoms. The second-order valence-corrected chi connectivity index (χ2v) is 10.2. The second-order valence-electron chi connectivity index (χ2n) is 8.14. The molecule has 208 valence electrons. The summed E-state index contributed by atoms with van der Waals surface area (Å²) in [5.41, 5.74) is -1.43. The Morgan fingerprint density at radius 3 is 2.30 bits per heavy atom. The standard InChI is InChI=1S/C26H15BrCl3F3N2O5/c1-39-21-9-12(8-16(27)22(21)40-11-15-17(28)3-2-4-18(15)29)7-14-23(36)34-25(38)35(24(14)37)20-10-13(26(31,32)33)5-6-19(20)30/h2-10H,11H2,1H3,(H,34,36,38)/b14-7+. The van der Waals surface area contributed by atoms with Crippen LogP contribution in [-0.4, -0.2) is 25.0 Å². The van der Waals surface area contributed by atoms with E-state index in [1.165, 1.54) is 19.2 Å². The largest absolute Gasteiger partial charge is 0.493 e. The number of imide groups is 2. The van der Waals surface area contributed by atoms with E-state index >= 15 is 0 Å². The van der Waals surface area contributed by atoms with Gasteiger partial charge in [-0.05, 0) is 70.0 Å². The van der Waals surface area contributed by atoms with Crippen LogP contribution in [0.3, 0.4) is 0 Å². The van der Waals surface area contributed by atoms with Crippen molar-refractivity contribution in [2.45, 2.75) is 12.8 Å². The molecule has 4 rings (SSSR count). The van der Waals surface area contributed by atoms with Crippen LogP contribution in [0.25, 0.3) is 6.08 Å². The maximum atomic E-state index is 13.3. The van der Waals surface area contributed by atoms with Crippen molar-refractivity contribution in [3.8, 4) is 11.5 Å². The van der Waals surface area contributed by atoms with Crippen molar-refractivity contribution < 1.29 is 37.0 Å². The summed E-state index contributed by atoms with van der Waals surface area (Å²) in [5, 5.41) is 2.42. The van der Waals surface area contributed by atoms with E-state index in [2.05, 4.69) is 15.9 Å². The minimum atomic E-state index is -4.77. The van der Waals surface area contributed by atoms with E-state index in [-0.39, 0.29) is 28.7 Å². The first-order valence-electron chi connectivity index (χ1n) is 11.0. The molecule has 0 radical (unpaired) electrons. The molecule has 0 aromatic heterocycles. The molecule has 1 aliphatic heterocycles. The Balaban J connectivity index is 1.69. The van der Waals surface area contributed by atoms with Crippen LogP contribution in [0.15, 0.2) is 58.6 Å². The first-order valence-corrected chi connectivity index (χ1v) is 13.0. The van der Waals surface area contributed by atoms with Crippen LogP contribution in [-0.2, 0) is 22.4 Å². The Morgan fingerprint density at radius 1 is 1.00 bits per heavy atom. The lowest BCUT2D eigenvalue weighted by atomic mass is 10.1. The van der Waals surface area contributed by atoms with Crippen LogP contribution < -0.4 is 19.7 Å². The molecule has 4 amide bonds.